The fourth-order valence-electron chi connectivity index (χ4n) is 12.6. The molecule has 0 amide bonds. The molecule has 454 valence electrons. The van der Waals surface area contributed by atoms with Gasteiger partial charge >= 0.3 is 0 Å². The van der Waals surface area contributed by atoms with Crippen molar-refractivity contribution in [2.75, 3.05) is 16.3 Å². The van der Waals surface area contributed by atoms with Crippen LogP contribution >= 0.6 is 0 Å². The van der Waals surface area contributed by atoms with Crippen molar-refractivity contribution in [3.05, 3.63) is 291 Å². The van der Waals surface area contributed by atoms with Crippen LogP contribution in [0.25, 0.3) is 16.8 Å². The first-order valence-electron chi connectivity index (χ1n) is 33.7. The minimum atomic E-state index is -0.260. The maximum Gasteiger partial charge on any atom is 0.0713 e. The number of unbranched alkanes of at least 4 members (excludes halogenated alkanes) is 7. The predicted molar refractivity (Wildman–Crippen MR) is 385 cm³/mol. The largest absolute Gasteiger partial charge is 0.344 e. The molecule has 88 heavy (non-hydrogen) atoms. The van der Waals surface area contributed by atoms with Crippen LogP contribution in [-0.4, -0.2) is 6.54 Å². The van der Waals surface area contributed by atoms with E-state index in [1.165, 1.54) is 157 Å². The summed E-state index contributed by atoms with van der Waals surface area (Å²) < 4.78 is 0. The molecule has 5 aliphatic rings. The summed E-state index contributed by atoms with van der Waals surface area (Å²) in [6.45, 7) is 27.6. The summed E-state index contributed by atoms with van der Waals surface area (Å²) >= 11 is 0. The average molecular weight is 1160 g/mol. The molecule has 0 aromatic heterocycles. The monoisotopic (exact) mass is 1160 g/mol. The zero-order valence-electron chi connectivity index (χ0n) is 54.6. The Bertz CT molecular complexity index is 3570. The molecule has 0 spiro atoms. The summed E-state index contributed by atoms with van der Waals surface area (Å²) in [5, 5.41) is 0. The lowest BCUT2D eigenvalue weighted by molar-refractivity contribution is 0.667. The van der Waals surface area contributed by atoms with Crippen LogP contribution in [0.2, 0.25) is 0 Å². The fraction of sp³-hybridized carbons (Fsp3) is 0.349. The molecule has 2 heteroatoms. The molecule has 4 aromatic carbocycles. The summed E-state index contributed by atoms with van der Waals surface area (Å²) in [5.41, 5.74) is 31.7. The van der Waals surface area contributed by atoms with Gasteiger partial charge in [-0.05, 0) is 237 Å². The Balaban J connectivity index is 0.00000243. The highest BCUT2D eigenvalue weighted by Gasteiger charge is 2.27. The Morgan fingerprint density at radius 2 is 1.41 bits per heavy atom. The van der Waals surface area contributed by atoms with Crippen molar-refractivity contribution in [1.29, 1.82) is 0 Å². The molecule has 0 N–H and O–H groups in total. The third-order valence-electron chi connectivity index (χ3n) is 17.9. The van der Waals surface area contributed by atoms with Crippen LogP contribution in [0, 0.1) is 24.7 Å². The molecular weight excluding hydrogens is 1060 g/mol. The van der Waals surface area contributed by atoms with E-state index < -0.39 is 0 Å². The molecule has 4 aromatic rings. The van der Waals surface area contributed by atoms with Crippen LogP contribution in [0.3, 0.4) is 0 Å². The lowest BCUT2D eigenvalue weighted by Gasteiger charge is -2.33. The van der Waals surface area contributed by atoms with Gasteiger partial charge in [0, 0.05) is 40.8 Å². The van der Waals surface area contributed by atoms with E-state index in [1.54, 1.807) is 0 Å². The van der Waals surface area contributed by atoms with Gasteiger partial charge in [0.1, 0.15) is 0 Å². The van der Waals surface area contributed by atoms with Crippen LogP contribution < -0.4 is 9.80 Å². The van der Waals surface area contributed by atoms with Gasteiger partial charge in [-0.15, -0.1) is 18.0 Å². The number of anilines is 2. The fourth-order valence-corrected chi connectivity index (χ4v) is 12.6. The topological polar surface area (TPSA) is 6.48 Å². The van der Waals surface area contributed by atoms with E-state index >= 15 is 0 Å². The van der Waals surface area contributed by atoms with Gasteiger partial charge < -0.3 is 9.80 Å². The van der Waals surface area contributed by atoms with Gasteiger partial charge in [-0.3, -0.25) is 0 Å². The van der Waals surface area contributed by atoms with Gasteiger partial charge in [-0.25, -0.2) is 0 Å². The number of aryl methyl sites for hydroxylation is 3. The van der Waals surface area contributed by atoms with Crippen molar-refractivity contribution < 1.29 is 0 Å². The highest BCUT2D eigenvalue weighted by molar-refractivity contribution is 5.88. The van der Waals surface area contributed by atoms with Crippen molar-refractivity contribution in [2.45, 2.75) is 183 Å². The first kappa shape index (κ1) is 65.9. The number of allylic oxidation sites excluding steroid dienone is 20. The summed E-state index contributed by atoms with van der Waals surface area (Å²) in [6, 6.07) is 32.1. The third kappa shape index (κ3) is 18.5. The van der Waals surface area contributed by atoms with Crippen LogP contribution in [0.15, 0.2) is 247 Å². The van der Waals surface area contributed by atoms with Gasteiger partial charge in [0.15, 0.2) is 0 Å². The molecule has 0 saturated carbocycles. The molecule has 0 aliphatic heterocycles. The van der Waals surface area contributed by atoms with E-state index in [9.17, 15) is 0 Å². The van der Waals surface area contributed by atoms with Gasteiger partial charge in [0.2, 0.25) is 0 Å². The first-order chi connectivity index (χ1) is 43.2. The van der Waals surface area contributed by atoms with Crippen LogP contribution in [0.1, 0.15) is 195 Å². The Hall–Kier alpha value is -8.04. The minimum absolute atomic E-state index is 0.260. The van der Waals surface area contributed by atoms with E-state index in [2.05, 4.69) is 240 Å². The third-order valence-corrected chi connectivity index (χ3v) is 17.9. The van der Waals surface area contributed by atoms with E-state index in [-0.39, 0.29) is 5.92 Å². The lowest BCUT2D eigenvalue weighted by atomic mass is 9.87. The van der Waals surface area contributed by atoms with E-state index in [0.29, 0.717) is 13.0 Å². The molecule has 2 nitrogen and oxygen atoms in total. The molecule has 5 aliphatic carbocycles. The maximum atomic E-state index is 5.03. The SMILES string of the molecule is C=CCc1ccccc1/C(=C\C(=C)C1=C=C/C=C\C#CC1CN(/C(C)=C/C1=C(C=C)CCCC1)c1ccc(C2=CCC=C(CCCCCC)C=C2)cc1)N(C1=CC=C(c2ccc(CCCCCC)cc2)C=C=C1)c1cc(C)c2c(c1)CCCC2.CCCC. The van der Waals surface area contributed by atoms with Crippen molar-refractivity contribution in [2.24, 2.45) is 5.92 Å². The summed E-state index contributed by atoms with van der Waals surface area (Å²) in [5.74, 6) is 6.95. The van der Waals surface area contributed by atoms with Gasteiger partial charge in [0.25, 0.3) is 0 Å². The normalized spacial score (nSPS) is 16.8. The zero-order valence-corrected chi connectivity index (χ0v) is 54.6. The Morgan fingerprint density at radius 1 is 0.693 bits per heavy atom. The molecule has 0 bridgehead atoms. The quantitative estimate of drug-likeness (QED) is 0.0193. The number of benzene rings is 4. The molecule has 0 heterocycles. The predicted octanol–water partition coefficient (Wildman–Crippen LogP) is 23.6. The Morgan fingerprint density at radius 3 is 2.16 bits per heavy atom. The number of fused-ring (bicyclic) bond motifs is 1. The van der Waals surface area contributed by atoms with Crippen LogP contribution in [0.5, 0.6) is 0 Å². The van der Waals surface area contributed by atoms with Gasteiger partial charge in [-0.1, -0.05) is 213 Å². The first-order valence-corrected chi connectivity index (χ1v) is 33.7. The van der Waals surface area contributed by atoms with Gasteiger partial charge in [0.05, 0.1) is 17.3 Å². The molecule has 0 saturated heterocycles. The lowest BCUT2D eigenvalue weighted by Crippen LogP contribution is -2.29. The summed E-state index contributed by atoms with van der Waals surface area (Å²) in [4.78, 5) is 4.94. The molecule has 1 unspecified atom stereocenters. The smallest absolute Gasteiger partial charge is 0.0713 e. The molecule has 1 atom stereocenters. The van der Waals surface area contributed by atoms with E-state index in [1.807, 2.05) is 24.3 Å². The number of hydrogen-bond donors (Lipinski definition) is 0. The highest BCUT2D eigenvalue weighted by Crippen LogP contribution is 2.40. The summed E-state index contributed by atoms with van der Waals surface area (Å²) in [6.07, 6.45) is 58.9. The van der Waals surface area contributed by atoms with E-state index in [0.717, 1.165) is 90.0 Å². The minimum Gasteiger partial charge on any atom is -0.344 e. The maximum absolute atomic E-state index is 5.03. The van der Waals surface area contributed by atoms with Crippen LogP contribution in [0.4, 0.5) is 11.4 Å². The molecular formula is C86H100N2. The van der Waals surface area contributed by atoms with Crippen molar-refractivity contribution in [3.8, 4) is 11.8 Å². The standard InChI is InChI=1S/C82H90N2.C4H10/c1-8-12-14-18-31-65-33-28-39-68(48-45-65)71-51-54-76(55-52-71)83(64(7)59-73-36-23-22-34-67(73)11-4)61-75-38-20-16-17-21-42-80(75)63(6)58-82(81-44-27-24-35-72(81)30-10-3)84(78-57-62(5)79-43-26-25-37-74(79)60-78)77-41-29-40-69(53-56-77)70-49-46-66(47-50-70)32-19-15-13-9-2;1-3-4-2/h10-11,16-17,21,24,27,33,35,39-41,44-60,75H,3-4,6,8-9,12-15,18-19,22-23,25-26,28,30-32,34,36-37,43,61H2,1-2,5,7H3;3-4H2,1-2H3/b17-16-,64-59+,82-58+;. The number of nitrogens with zero attached hydrogens (tertiary/aromatic N) is 2. The Kier molecular flexibility index (Phi) is 26.3. The molecule has 0 radical (unpaired) electrons. The van der Waals surface area contributed by atoms with Crippen molar-refractivity contribution in [3.63, 3.8) is 0 Å². The van der Waals surface area contributed by atoms with Crippen LogP contribution in [-0.2, 0) is 25.7 Å². The average Bonchev–Trinajstić information content (AvgIpc) is 2.09. The second-order valence-corrected chi connectivity index (χ2v) is 24.5. The molecule has 9 rings (SSSR count). The number of hydrogen-bond acceptors (Lipinski definition) is 2. The Labute approximate surface area is 533 Å². The number of rotatable bonds is 27. The molecule has 0 fully saturated rings. The summed E-state index contributed by atoms with van der Waals surface area (Å²) in [7, 11) is 0. The second-order valence-electron chi connectivity index (χ2n) is 24.5. The van der Waals surface area contributed by atoms with Gasteiger partial charge in [-0.2, -0.15) is 0 Å². The zero-order chi connectivity index (χ0) is 61.9. The van der Waals surface area contributed by atoms with Crippen molar-refractivity contribution >= 4 is 28.2 Å². The van der Waals surface area contributed by atoms with E-state index in [4.69, 9.17) is 6.58 Å². The van der Waals surface area contributed by atoms with Crippen molar-refractivity contribution in [1.82, 2.24) is 0 Å². The highest BCUT2D eigenvalue weighted by atomic mass is 15.2. The second kappa shape index (κ2) is 35.1.